The van der Waals surface area contributed by atoms with Gasteiger partial charge in [0.2, 0.25) is 0 Å². The Balaban J connectivity index is 2.46. The van der Waals surface area contributed by atoms with E-state index < -0.39 is 0 Å². The van der Waals surface area contributed by atoms with E-state index in [2.05, 4.69) is 31.1 Å². The van der Waals surface area contributed by atoms with Crippen LogP contribution >= 0.6 is 0 Å². The molecule has 16 heavy (non-hydrogen) atoms. The average molecular weight is 223 g/mol. The lowest BCUT2D eigenvalue weighted by atomic mass is 10.1. The Morgan fingerprint density at radius 2 is 2.12 bits per heavy atom. The summed E-state index contributed by atoms with van der Waals surface area (Å²) in [4.78, 5) is 15.7. The van der Waals surface area contributed by atoms with E-state index in [1.807, 2.05) is 6.92 Å². The van der Waals surface area contributed by atoms with Gasteiger partial charge < -0.3 is 5.32 Å². The molecule has 0 fully saturated rings. The molecule has 0 radical (unpaired) electrons. The van der Waals surface area contributed by atoms with E-state index in [1.165, 1.54) is 0 Å². The summed E-state index contributed by atoms with van der Waals surface area (Å²) in [6.07, 6.45) is 1.61. The fourth-order valence-electron chi connectivity index (χ4n) is 1.33. The van der Waals surface area contributed by atoms with Crippen molar-refractivity contribution < 1.29 is 0 Å². The van der Waals surface area contributed by atoms with Crippen LogP contribution in [0.15, 0.2) is 17.2 Å². The minimum Gasteiger partial charge on any atom is -0.312 e. The molecule has 0 aliphatic heterocycles. The molecule has 0 spiro atoms. The molecule has 1 aromatic rings. The fraction of sp³-hybridized carbons (Fsp3) is 0.667. The zero-order valence-electron chi connectivity index (χ0n) is 10.5. The van der Waals surface area contributed by atoms with Crippen LogP contribution in [0.3, 0.4) is 0 Å². The van der Waals surface area contributed by atoms with E-state index in [0.29, 0.717) is 18.5 Å². The van der Waals surface area contributed by atoms with Gasteiger partial charge in [0.05, 0.1) is 6.33 Å². The highest BCUT2D eigenvalue weighted by Gasteiger charge is 2.05. The highest BCUT2D eigenvalue weighted by molar-refractivity contribution is 4.95. The monoisotopic (exact) mass is 223 g/mol. The van der Waals surface area contributed by atoms with Crippen LogP contribution in [0.2, 0.25) is 0 Å². The predicted molar refractivity (Wildman–Crippen MR) is 65.5 cm³/mol. The number of aromatic nitrogens is 2. The van der Waals surface area contributed by atoms with E-state index in [-0.39, 0.29) is 5.56 Å². The Morgan fingerprint density at radius 1 is 1.44 bits per heavy atom. The zero-order chi connectivity index (χ0) is 12.1. The van der Waals surface area contributed by atoms with Crippen molar-refractivity contribution in [3.63, 3.8) is 0 Å². The average Bonchev–Trinajstić information content (AvgIpc) is 2.20. The molecular weight excluding hydrogens is 202 g/mol. The van der Waals surface area contributed by atoms with Gasteiger partial charge in [0.1, 0.15) is 0 Å². The maximum absolute atomic E-state index is 11.5. The van der Waals surface area contributed by atoms with Crippen LogP contribution in [-0.4, -0.2) is 22.1 Å². The minimum atomic E-state index is 0.0199. The van der Waals surface area contributed by atoms with E-state index in [4.69, 9.17) is 0 Å². The molecule has 1 atom stereocenters. The summed E-state index contributed by atoms with van der Waals surface area (Å²) in [5, 5.41) is 3.38. The number of hydrogen-bond donors (Lipinski definition) is 1. The maximum Gasteiger partial charge on any atom is 0.253 e. The Bertz CT molecular complexity index is 384. The van der Waals surface area contributed by atoms with E-state index >= 15 is 0 Å². The van der Waals surface area contributed by atoms with Gasteiger partial charge >= 0.3 is 0 Å². The lowest BCUT2D eigenvalue weighted by Gasteiger charge is -2.17. The van der Waals surface area contributed by atoms with E-state index in [9.17, 15) is 4.79 Å². The summed E-state index contributed by atoms with van der Waals surface area (Å²) in [6.45, 7) is 9.80. The third-order valence-electron chi connectivity index (χ3n) is 2.84. The summed E-state index contributed by atoms with van der Waals surface area (Å²) in [6, 6.07) is 2.03. The standard InChI is InChI=1S/C12H21N3O/c1-9(2)11(4)13-5-6-15-8-14-10(3)7-12(15)16/h7-9,11,13H,5-6H2,1-4H3. The molecule has 0 aromatic carbocycles. The van der Waals surface area contributed by atoms with Gasteiger partial charge in [-0.25, -0.2) is 4.98 Å². The second-order valence-electron chi connectivity index (χ2n) is 4.55. The van der Waals surface area contributed by atoms with Gasteiger partial charge in [0.25, 0.3) is 5.56 Å². The molecule has 0 aliphatic rings. The minimum absolute atomic E-state index is 0.0199. The smallest absolute Gasteiger partial charge is 0.253 e. The SMILES string of the molecule is Cc1cc(=O)n(CCNC(C)C(C)C)cn1. The van der Waals surface area contributed by atoms with Gasteiger partial charge in [-0.3, -0.25) is 9.36 Å². The van der Waals surface area contributed by atoms with Gasteiger partial charge in [-0.2, -0.15) is 0 Å². The molecule has 4 heteroatoms. The van der Waals surface area contributed by atoms with Crippen molar-refractivity contribution in [2.24, 2.45) is 5.92 Å². The molecule has 0 aliphatic carbocycles. The van der Waals surface area contributed by atoms with Crippen LogP contribution in [0.5, 0.6) is 0 Å². The topological polar surface area (TPSA) is 46.9 Å². The fourth-order valence-corrected chi connectivity index (χ4v) is 1.33. The third-order valence-corrected chi connectivity index (χ3v) is 2.84. The number of nitrogens with zero attached hydrogens (tertiary/aromatic N) is 2. The van der Waals surface area contributed by atoms with Crippen LogP contribution in [0.25, 0.3) is 0 Å². The highest BCUT2D eigenvalue weighted by atomic mass is 16.1. The third kappa shape index (κ3) is 3.77. The maximum atomic E-state index is 11.5. The van der Waals surface area contributed by atoms with Crippen molar-refractivity contribution in [1.82, 2.24) is 14.9 Å². The zero-order valence-corrected chi connectivity index (χ0v) is 10.5. The summed E-state index contributed by atoms with van der Waals surface area (Å²) < 4.78 is 1.63. The first-order valence-corrected chi connectivity index (χ1v) is 5.77. The summed E-state index contributed by atoms with van der Waals surface area (Å²) in [7, 11) is 0. The molecule has 90 valence electrons. The lowest BCUT2D eigenvalue weighted by molar-refractivity contribution is 0.414. The quantitative estimate of drug-likeness (QED) is 0.815. The summed E-state index contributed by atoms with van der Waals surface area (Å²) in [5.74, 6) is 0.605. The van der Waals surface area contributed by atoms with Gasteiger partial charge in [-0.05, 0) is 19.8 Å². The summed E-state index contributed by atoms with van der Waals surface area (Å²) in [5.41, 5.74) is 0.788. The van der Waals surface area contributed by atoms with Crippen molar-refractivity contribution in [2.75, 3.05) is 6.54 Å². The number of hydrogen-bond acceptors (Lipinski definition) is 3. The largest absolute Gasteiger partial charge is 0.312 e. The molecule has 1 unspecified atom stereocenters. The first kappa shape index (κ1) is 12.9. The van der Waals surface area contributed by atoms with Crippen molar-refractivity contribution in [3.8, 4) is 0 Å². The second-order valence-corrected chi connectivity index (χ2v) is 4.55. The van der Waals surface area contributed by atoms with E-state index in [1.54, 1.807) is 17.0 Å². The molecule has 0 saturated heterocycles. The number of nitrogens with one attached hydrogen (secondary N) is 1. The van der Waals surface area contributed by atoms with Gasteiger partial charge in [0.15, 0.2) is 0 Å². The lowest BCUT2D eigenvalue weighted by Crippen LogP contribution is -2.35. The molecule has 1 heterocycles. The van der Waals surface area contributed by atoms with Crippen molar-refractivity contribution in [3.05, 3.63) is 28.4 Å². The molecule has 4 nitrogen and oxygen atoms in total. The van der Waals surface area contributed by atoms with Crippen LogP contribution in [0, 0.1) is 12.8 Å². The van der Waals surface area contributed by atoms with Gasteiger partial charge in [-0.15, -0.1) is 0 Å². The molecule has 1 N–H and O–H groups in total. The number of aryl methyl sites for hydroxylation is 1. The normalized spacial score (nSPS) is 13.1. The van der Waals surface area contributed by atoms with Crippen LogP contribution in [0.4, 0.5) is 0 Å². The Morgan fingerprint density at radius 3 is 2.69 bits per heavy atom. The number of rotatable bonds is 5. The first-order chi connectivity index (χ1) is 7.50. The second kappa shape index (κ2) is 5.80. The Labute approximate surface area is 96.7 Å². The highest BCUT2D eigenvalue weighted by Crippen LogP contribution is 1.98. The molecule has 0 bridgehead atoms. The van der Waals surface area contributed by atoms with Crippen LogP contribution in [0.1, 0.15) is 26.5 Å². The van der Waals surface area contributed by atoms with Crippen molar-refractivity contribution in [1.29, 1.82) is 0 Å². The molecular formula is C12H21N3O. The first-order valence-electron chi connectivity index (χ1n) is 5.77. The van der Waals surface area contributed by atoms with E-state index in [0.717, 1.165) is 12.2 Å². The van der Waals surface area contributed by atoms with Crippen molar-refractivity contribution in [2.45, 2.75) is 40.3 Å². The predicted octanol–water partition coefficient (Wildman–Crippen LogP) is 1.19. The van der Waals surface area contributed by atoms with Crippen LogP contribution in [-0.2, 0) is 6.54 Å². The Kier molecular flexibility index (Phi) is 4.68. The molecule has 0 amide bonds. The molecule has 0 saturated carbocycles. The van der Waals surface area contributed by atoms with Crippen molar-refractivity contribution >= 4 is 0 Å². The van der Waals surface area contributed by atoms with Gasteiger partial charge in [0, 0.05) is 30.9 Å². The molecule has 1 aromatic heterocycles. The molecule has 1 rings (SSSR count). The van der Waals surface area contributed by atoms with Crippen LogP contribution < -0.4 is 10.9 Å². The summed E-state index contributed by atoms with van der Waals surface area (Å²) >= 11 is 0. The Hall–Kier alpha value is -1.16. The van der Waals surface area contributed by atoms with Gasteiger partial charge in [-0.1, -0.05) is 13.8 Å².